The van der Waals surface area contributed by atoms with Gasteiger partial charge in [0.15, 0.2) is 0 Å². The third kappa shape index (κ3) is 5.42. The minimum atomic E-state index is -2.54. The van der Waals surface area contributed by atoms with E-state index in [9.17, 15) is 18.4 Å². The van der Waals surface area contributed by atoms with E-state index < -0.39 is 5.92 Å². The molecule has 1 saturated heterocycles. The van der Waals surface area contributed by atoms with Gasteiger partial charge in [-0.05, 0) is 55.7 Å². The molecule has 1 aliphatic heterocycles. The van der Waals surface area contributed by atoms with Gasteiger partial charge in [-0.3, -0.25) is 9.59 Å². The van der Waals surface area contributed by atoms with E-state index in [0.29, 0.717) is 63.5 Å². The minimum absolute atomic E-state index is 0.0347. The van der Waals surface area contributed by atoms with E-state index in [-0.39, 0.29) is 36.0 Å². The van der Waals surface area contributed by atoms with Crippen molar-refractivity contribution in [1.82, 2.24) is 19.4 Å². The summed E-state index contributed by atoms with van der Waals surface area (Å²) in [5.74, 6) is -0.669. The molecule has 3 fully saturated rings. The number of carbonyl (C=O) groups excluding carboxylic acids is 2. The number of hydrogen-bond acceptors (Lipinski definition) is 3. The first-order valence-electron chi connectivity index (χ1n) is 13.5. The molecule has 2 aliphatic carbocycles. The zero-order valence-electron chi connectivity index (χ0n) is 21.7. The molecule has 0 spiro atoms. The SMILES string of the molecule is CC(C)(C)c1nc2cc(C(=O)N3CCN(C(=O)CC4CC4)CC3)ccc2n1CC1CCC(F)(F)CC1. The van der Waals surface area contributed by atoms with Crippen LogP contribution < -0.4 is 0 Å². The van der Waals surface area contributed by atoms with Gasteiger partial charge in [-0.15, -0.1) is 0 Å². The maximum atomic E-state index is 13.7. The van der Waals surface area contributed by atoms with E-state index in [4.69, 9.17) is 4.98 Å². The summed E-state index contributed by atoms with van der Waals surface area (Å²) in [4.78, 5) is 34.3. The fraction of sp³-hybridized carbons (Fsp3) is 0.679. The highest BCUT2D eigenvalue weighted by atomic mass is 19.3. The van der Waals surface area contributed by atoms with Crippen molar-refractivity contribution in [2.24, 2.45) is 11.8 Å². The minimum Gasteiger partial charge on any atom is -0.339 e. The summed E-state index contributed by atoms with van der Waals surface area (Å²) >= 11 is 0. The van der Waals surface area contributed by atoms with Crippen LogP contribution in [0.25, 0.3) is 11.0 Å². The molecule has 1 aromatic carbocycles. The van der Waals surface area contributed by atoms with Crippen molar-refractivity contribution in [2.75, 3.05) is 26.2 Å². The standard InChI is InChI=1S/C28H38F2N4O2/c1-27(2,3)26-31-22-17-21(6-7-23(22)34(26)18-20-8-10-28(29,30)11-9-20)25(36)33-14-12-32(13-15-33)24(35)16-19-4-5-19/h6-7,17,19-20H,4-5,8-16,18H2,1-3H3. The largest absolute Gasteiger partial charge is 0.339 e. The number of fused-ring (bicyclic) bond motifs is 1. The summed E-state index contributed by atoms with van der Waals surface area (Å²) in [6.45, 7) is 9.25. The van der Waals surface area contributed by atoms with Crippen LogP contribution in [0.15, 0.2) is 18.2 Å². The van der Waals surface area contributed by atoms with Gasteiger partial charge in [0.05, 0.1) is 11.0 Å². The number of piperazine rings is 1. The van der Waals surface area contributed by atoms with Crippen LogP contribution in [0.3, 0.4) is 0 Å². The van der Waals surface area contributed by atoms with Gasteiger partial charge in [-0.2, -0.15) is 0 Å². The smallest absolute Gasteiger partial charge is 0.254 e. The lowest BCUT2D eigenvalue weighted by atomic mass is 9.86. The van der Waals surface area contributed by atoms with E-state index in [1.165, 1.54) is 0 Å². The Morgan fingerprint density at radius 3 is 2.22 bits per heavy atom. The summed E-state index contributed by atoms with van der Waals surface area (Å²) in [5, 5.41) is 0. The highest BCUT2D eigenvalue weighted by Gasteiger charge is 2.36. The molecule has 2 amide bonds. The van der Waals surface area contributed by atoms with Gasteiger partial charge in [-0.25, -0.2) is 13.8 Å². The van der Waals surface area contributed by atoms with Crippen molar-refractivity contribution in [3.05, 3.63) is 29.6 Å². The normalized spacial score (nSPS) is 21.2. The lowest BCUT2D eigenvalue weighted by Crippen LogP contribution is -2.50. The van der Waals surface area contributed by atoms with Crippen molar-refractivity contribution in [2.45, 2.75) is 83.6 Å². The number of rotatable bonds is 5. The molecule has 36 heavy (non-hydrogen) atoms. The molecule has 2 heterocycles. The van der Waals surface area contributed by atoms with Crippen LogP contribution in [-0.4, -0.2) is 63.3 Å². The molecule has 1 aromatic heterocycles. The van der Waals surface area contributed by atoms with Gasteiger partial charge in [0.2, 0.25) is 11.8 Å². The summed E-state index contributed by atoms with van der Waals surface area (Å²) < 4.78 is 29.6. The Labute approximate surface area is 212 Å². The summed E-state index contributed by atoms with van der Waals surface area (Å²) in [6, 6.07) is 5.68. The molecule has 0 atom stereocenters. The molecule has 6 nitrogen and oxygen atoms in total. The number of alkyl halides is 2. The number of benzene rings is 1. The number of halogens is 2. The van der Waals surface area contributed by atoms with Crippen LogP contribution in [0.5, 0.6) is 0 Å². The lowest BCUT2D eigenvalue weighted by molar-refractivity contribution is -0.133. The molecule has 0 radical (unpaired) electrons. The van der Waals surface area contributed by atoms with Crippen molar-refractivity contribution in [3.63, 3.8) is 0 Å². The first-order valence-corrected chi connectivity index (χ1v) is 13.5. The van der Waals surface area contributed by atoms with Gasteiger partial charge in [0, 0.05) is 63.0 Å². The van der Waals surface area contributed by atoms with Crippen LogP contribution in [0, 0.1) is 11.8 Å². The molecule has 3 aliphatic rings. The summed E-state index contributed by atoms with van der Waals surface area (Å²) in [5.41, 5.74) is 2.10. The predicted molar refractivity (Wildman–Crippen MR) is 135 cm³/mol. The number of hydrogen-bond donors (Lipinski definition) is 0. The van der Waals surface area contributed by atoms with Gasteiger partial charge >= 0.3 is 0 Å². The fourth-order valence-corrected chi connectivity index (χ4v) is 5.60. The number of imidazole rings is 1. The summed E-state index contributed by atoms with van der Waals surface area (Å²) in [7, 11) is 0. The number of carbonyl (C=O) groups is 2. The molecule has 0 unspecified atom stereocenters. The third-order valence-corrected chi connectivity index (χ3v) is 8.02. The Hall–Kier alpha value is -2.51. The first kappa shape index (κ1) is 25.2. The van der Waals surface area contributed by atoms with Crippen molar-refractivity contribution < 1.29 is 18.4 Å². The Morgan fingerprint density at radius 1 is 0.972 bits per heavy atom. The Balaban J connectivity index is 1.31. The molecule has 0 bridgehead atoms. The van der Waals surface area contributed by atoms with Crippen LogP contribution >= 0.6 is 0 Å². The summed E-state index contributed by atoms with van der Waals surface area (Å²) in [6.07, 6.45) is 3.91. The van der Waals surface area contributed by atoms with Crippen LogP contribution in [0.1, 0.15) is 81.9 Å². The van der Waals surface area contributed by atoms with E-state index in [1.807, 2.05) is 28.0 Å². The average molecular weight is 501 g/mol. The van der Waals surface area contributed by atoms with E-state index in [0.717, 1.165) is 29.7 Å². The molecular formula is C28H38F2N4O2. The molecular weight excluding hydrogens is 462 g/mol. The van der Waals surface area contributed by atoms with Crippen molar-refractivity contribution in [3.8, 4) is 0 Å². The zero-order valence-corrected chi connectivity index (χ0v) is 21.7. The molecule has 5 rings (SSSR count). The third-order valence-electron chi connectivity index (χ3n) is 8.02. The van der Waals surface area contributed by atoms with Gasteiger partial charge in [-0.1, -0.05) is 20.8 Å². The molecule has 0 N–H and O–H groups in total. The molecule has 2 saturated carbocycles. The van der Waals surface area contributed by atoms with E-state index in [2.05, 4.69) is 25.3 Å². The maximum absolute atomic E-state index is 13.7. The van der Waals surface area contributed by atoms with Crippen LogP contribution in [-0.2, 0) is 16.8 Å². The van der Waals surface area contributed by atoms with Gasteiger partial charge in [0.25, 0.3) is 5.91 Å². The lowest BCUT2D eigenvalue weighted by Gasteiger charge is -2.35. The fourth-order valence-electron chi connectivity index (χ4n) is 5.60. The van der Waals surface area contributed by atoms with Crippen LogP contribution in [0.4, 0.5) is 8.78 Å². The topological polar surface area (TPSA) is 58.4 Å². The van der Waals surface area contributed by atoms with Crippen molar-refractivity contribution in [1.29, 1.82) is 0 Å². The average Bonchev–Trinajstić information content (AvgIpc) is 3.57. The highest BCUT2D eigenvalue weighted by Crippen LogP contribution is 2.38. The predicted octanol–water partition coefficient (Wildman–Crippen LogP) is 5.24. The highest BCUT2D eigenvalue weighted by molar-refractivity contribution is 5.97. The quantitative estimate of drug-likeness (QED) is 0.564. The molecule has 2 aromatic rings. The van der Waals surface area contributed by atoms with E-state index >= 15 is 0 Å². The first-order chi connectivity index (χ1) is 17.0. The molecule has 196 valence electrons. The number of aromatic nitrogens is 2. The van der Waals surface area contributed by atoms with Gasteiger partial charge < -0.3 is 14.4 Å². The van der Waals surface area contributed by atoms with E-state index in [1.54, 1.807) is 0 Å². The van der Waals surface area contributed by atoms with Gasteiger partial charge in [0.1, 0.15) is 5.82 Å². The Kier molecular flexibility index (Phi) is 6.58. The van der Waals surface area contributed by atoms with Crippen LogP contribution in [0.2, 0.25) is 0 Å². The number of nitrogens with zero attached hydrogens (tertiary/aromatic N) is 4. The zero-order chi connectivity index (χ0) is 25.7. The Bertz CT molecular complexity index is 1130. The van der Waals surface area contributed by atoms with Crippen molar-refractivity contribution >= 4 is 22.8 Å². The number of amides is 2. The second kappa shape index (κ2) is 9.42. The second-order valence-corrected chi connectivity index (χ2v) is 12.1. The Morgan fingerprint density at radius 2 is 1.61 bits per heavy atom. The molecule has 8 heteroatoms. The monoisotopic (exact) mass is 500 g/mol. The maximum Gasteiger partial charge on any atom is 0.254 e. The second-order valence-electron chi connectivity index (χ2n) is 12.1.